The van der Waals surface area contributed by atoms with Gasteiger partial charge in [0.25, 0.3) is 5.56 Å². The standard InChI is InChI=1S/C16H24F3N3O2/c1-10(2)7-13(15(20)24)22-9-11(5-6-21(3)4)12(8-14(22)23)16(17,18)19/h8-10,13H,5-7H2,1-4H3,(H2,20,24). The van der Waals surface area contributed by atoms with Crippen LogP contribution in [0.3, 0.4) is 0 Å². The molecular weight excluding hydrogens is 323 g/mol. The van der Waals surface area contributed by atoms with E-state index in [1.54, 1.807) is 19.0 Å². The van der Waals surface area contributed by atoms with Crippen molar-refractivity contribution in [2.45, 2.75) is 38.9 Å². The number of hydrogen-bond donors (Lipinski definition) is 1. The second kappa shape index (κ2) is 7.83. The average Bonchev–Trinajstić information content (AvgIpc) is 2.41. The van der Waals surface area contributed by atoms with Gasteiger partial charge < -0.3 is 15.2 Å². The number of amides is 1. The minimum atomic E-state index is -4.62. The summed E-state index contributed by atoms with van der Waals surface area (Å²) in [5.74, 6) is -0.675. The van der Waals surface area contributed by atoms with E-state index in [2.05, 4.69) is 0 Å². The highest BCUT2D eigenvalue weighted by Gasteiger charge is 2.35. The van der Waals surface area contributed by atoms with Crippen LogP contribution in [-0.2, 0) is 17.4 Å². The lowest BCUT2D eigenvalue weighted by Gasteiger charge is -2.22. The SMILES string of the molecule is CC(C)CC(C(N)=O)n1cc(CCN(C)C)c(C(F)(F)F)cc1=O. The molecule has 2 N–H and O–H groups in total. The lowest BCUT2D eigenvalue weighted by Crippen LogP contribution is -2.35. The zero-order chi connectivity index (χ0) is 18.7. The molecule has 0 saturated heterocycles. The summed E-state index contributed by atoms with van der Waals surface area (Å²) < 4.78 is 40.6. The van der Waals surface area contributed by atoms with Crippen LogP contribution >= 0.6 is 0 Å². The van der Waals surface area contributed by atoms with Crippen LogP contribution in [-0.4, -0.2) is 36.0 Å². The third kappa shape index (κ3) is 5.36. The first-order valence-electron chi connectivity index (χ1n) is 7.69. The highest BCUT2D eigenvalue weighted by Crippen LogP contribution is 2.32. The summed E-state index contributed by atoms with van der Waals surface area (Å²) in [5.41, 5.74) is 3.50. The average molecular weight is 347 g/mol. The molecule has 1 atom stereocenters. The Kier molecular flexibility index (Phi) is 6.59. The zero-order valence-corrected chi connectivity index (χ0v) is 14.4. The summed E-state index contributed by atoms with van der Waals surface area (Å²) in [7, 11) is 3.49. The number of alkyl halides is 3. The van der Waals surface area contributed by atoms with Crippen molar-refractivity contribution in [3.63, 3.8) is 0 Å². The van der Waals surface area contributed by atoms with E-state index in [9.17, 15) is 22.8 Å². The molecule has 1 unspecified atom stereocenters. The molecular formula is C16H24F3N3O2. The normalized spacial score (nSPS) is 13.5. The van der Waals surface area contributed by atoms with E-state index in [0.717, 1.165) is 10.8 Å². The number of nitrogens with two attached hydrogens (primary N) is 1. The summed E-state index contributed by atoms with van der Waals surface area (Å²) in [5, 5.41) is 0. The Hall–Kier alpha value is -1.83. The number of halogens is 3. The van der Waals surface area contributed by atoms with E-state index in [-0.39, 0.29) is 24.3 Å². The first kappa shape index (κ1) is 20.2. The molecule has 0 aliphatic rings. The maximum absolute atomic E-state index is 13.2. The van der Waals surface area contributed by atoms with Crippen molar-refractivity contribution in [3.8, 4) is 0 Å². The molecule has 136 valence electrons. The number of likely N-dealkylation sites (N-methyl/N-ethyl adjacent to an activating group) is 1. The van der Waals surface area contributed by atoms with E-state index < -0.39 is 29.2 Å². The molecule has 0 aliphatic carbocycles. The highest BCUT2D eigenvalue weighted by molar-refractivity contribution is 5.78. The fourth-order valence-electron chi connectivity index (χ4n) is 2.46. The summed E-state index contributed by atoms with van der Waals surface area (Å²) in [6.07, 6.45) is -3.10. The van der Waals surface area contributed by atoms with Crippen LogP contribution in [0.25, 0.3) is 0 Å². The Morgan fingerprint density at radius 3 is 2.33 bits per heavy atom. The van der Waals surface area contributed by atoms with Gasteiger partial charge in [-0.25, -0.2) is 0 Å². The van der Waals surface area contributed by atoms with E-state index in [4.69, 9.17) is 5.73 Å². The molecule has 0 saturated carbocycles. The third-order valence-corrected chi connectivity index (χ3v) is 3.66. The molecule has 0 radical (unpaired) electrons. The largest absolute Gasteiger partial charge is 0.416 e. The molecule has 1 aromatic rings. The smallest absolute Gasteiger partial charge is 0.368 e. The highest BCUT2D eigenvalue weighted by atomic mass is 19.4. The topological polar surface area (TPSA) is 68.3 Å². The van der Waals surface area contributed by atoms with Crippen LogP contribution in [0.5, 0.6) is 0 Å². The van der Waals surface area contributed by atoms with E-state index >= 15 is 0 Å². The van der Waals surface area contributed by atoms with Crippen molar-refractivity contribution in [1.82, 2.24) is 9.47 Å². The summed E-state index contributed by atoms with van der Waals surface area (Å²) in [6, 6.07) is -0.403. The molecule has 0 aromatic carbocycles. The monoisotopic (exact) mass is 347 g/mol. The van der Waals surface area contributed by atoms with Crippen LogP contribution in [0.2, 0.25) is 0 Å². The van der Waals surface area contributed by atoms with Gasteiger partial charge in [-0.3, -0.25) is 9.59 Å². The third-order valence-electron chi connectivity index (χ3n) is 3.66. The number of hydrogen-bond acceptors (Lipinski definition) is 3. The van der Waals surface area contributed by atoms with Crippen molar-refractivity contribution in [2.24, 2.45) is 11.7 Å². The lowest BCUT2D eigenvalue weighted by molar-refractivity contribution is -0.138. The van der Waals surface area contributed by atoms with E-state index in [1.165, 1.54) is 0 Å². The van der Waals surface area contributed by atoms with Crippen molar-refractivity contribution < 1.29 is 18.0 Å². The van der Waals surface area contributed by atoms with Crippen molar-refractivity contribution in [1.29, 1.82) is 0 Å². The van der Waals surface area contributed by atoms with Gasteiger partial charge in [-0.1, -0.05) is 13.8 Å². The lowest BCUT2D eigenvalue weighted by atomic mass is 10.0. The minimum absolute atomic E-state index is 0.0224. The van der Waals surface area contributed by atoms with Crippen molar-refractivity contribution in [2.75, 3.05) is 20.6 Å². The van der Waals surface area contributed by atoms with Gasteiger partial charge in [0.15, 0.2) is 0 Å². The van der Waals surface area contributed by atoms with Gasteiger partial charge in [0.2, 0.25) is 5.91 Å². The molecule has 8 heteroatoms. The Labute approximate surface area is 139 Å². The molecule has 5 nitrogen and oxygen atoms in total. The molecule has 0 spiro atoms. The van der Waals surface area contributed by atoms with Gasteiger partial charge in [0.05, 0.1) is 5.56 Å². The van der Waals surface area contributed by atoms with Crippen molar-refractivity contribution >= 4 is 5.91 Å². The van der Waals surface area contributed by atoms with Gasteiger partial charge in [0, 0.05) is 18.8 Å². The maximum atomic E-state index is 13.2. The first-order valence-corrected chi connectivity index (χ1v) is 7.69. The molecule has 1 amide bonds. The number of pyridine rings is 1. The van der Waals surface area contributed by atoms with Gasteiger partial charge in [-0.05, 0) is 38.4 Å². The zero-order valence-electron chi connectivity index (χ0n) is 14.4. The Bertz CT molecular complexity index is 636. The van der Waals surface area contributed by atoms with Gasteiger partial charge in [-0.2, -0.15) is 13.2 Å². The van der Waals surface area contributed by atoms with E-state index in [1.807, 2.05) is 13.8 Å². The van der Waals surface area contributed by atoms with Gasteiger partial charge >= 0.3 is 6.18 Å². The summed E-state index contributed by atoms with van der Waals surface area (Å²) in [4.78, 5) is 25.6. The minimum Gasteiger partial charge on any atom is -0.368 e. The maximum Gasteiger partial charge on any atom is 0.416 e. The molecule has 24 heavy (non-hydrogen) atoms. The number of nitrogens with zero attached hydrogens (tertiary/aromatic N) is 2. The van der Waals surface area contributed by atoms with E-state index in [0.29, 0.717) is 12.6 Å². The summed E-state index contributed by atoms with van der Waals surface area (Å²) in [6.45, 7) is 4.07. The Morgan fingerprint density at radius 1 is 1.33 bits per heavy atom. The molecule has 1 aromatic heterocycles. The number of primary amides is 1. The molecule has 0 aliphatic heterocycles. The van der Waals surface area contributed by atoms with Crippen LogP contribution in [0.1, 0.15) is 37.4 Å². The van der Waals surface area contributed by atoms with Crippen LogP contribution < -0.4 is 11.3 Å². The summed E-state index contributed by atoms with van der Waals surface area (Å²) >= 11 is 0. The van der Waals surface area contributed by atoms with Crippen LogP contribution in [0, 0.1) is 5.92 Å². The van der Waals surface area contributed by atoms with Crippen molar-refractivity contribution in [3.05, 3.63) is 33.7 Å². The quantitative estimate of drug-likeness (QED) is 0.821. The Morgan fingerprint density at radius 2 is 1.92 bits per heavy atom. The predicted molar refractivity (Wildman–Crippen MR) is 85.6 cm³/mol. The van der Waals surface area contributed by atoms with Crippen LogP contribution in [0.15, 0.2) is 17.1 Å². The first-order chi connectivity index (χ1) is 10.9. The number of carbonyl (C=O) groups is 1. The fourth-order valence-corrected chi connectivity index (χ4v) is 2.46. The Balaban J connectivity index is 3.44. The number of carbonyl (C=O) groups excluding carboxylic acids is 1. The fraction of sp³-hybridized carbons (Fsp3) is 0.625. The molecule has 0 fully saturated rings. The molecule has 0 bridgehead atoms. The van der Waals surface area contributed by atoms with Gasteiger partial charge in [-0.15, -0.1) is 0 Å². The second-order valence-electron chi connectivity index (χ2n) is 6.56. The van der Waals surface area contributed by atoms with Gasteiger partial charge in [0.1, 0.15) is 6.04 Å². The number of aromatic nitrogens is 1. The number of rotatable bonds is 7. The molecule has 1 heterocycles. The predicted octanol–water partition coefficient (Wildman–Crippen LogP) is 2.04. The second-order valence-corrected chi connectivity index (χ2v) is 6.56. The van der Waals surface area contributed by atoms with Crippen LogP contribution in [0.4, 0.5) is 13.2 Å². The molecule has 1 rings (SSSR count).